The highest BCUT2D eigenvalue weighted by molar-refractivity contribution is 5.87. The van der Waals surface area contributed by atoms with Crippen molar-refractivity contribution in [2.45, 2.75) is 33.4 Å². The predicted octanol–water partition coefficient (Wildman–Crippen LogP) is 4.51. The van der Waals surface area contributed by atoms with Crippen LogP contribution in [-0.4, -0.2) is 52.6 Å². The van der Waals surface area contributed by atoms with E-state index in [1.165, 1.54) is 0 Å². The van der Waals surface area contributed by atoms with Crippen molar-refractivity contribution >= 4 is 16.8 Å². The lowest BCUT2D eigenvalue weighted by molar-refractivity contribution is -0.132. The summed E-state index contributed by atoms with van der Waals surface area (Å²) in [5.41, 5.74) is 5.70. The Morgan fingerprint density at radius 2 is 1.92 bits per heavy atom. The maximum absolute atomic E-state index is 13.4. The molecular weight excluding hydrogens is 456 g/mol. The highest BCUT2D eigenvalue weighted by Crippen LogP contribution is 2.37. The fourth-order valence-electron chi connectivity index (χ4n) is 4.49. The Balaban J connectivity index is 1.55. The van der Waals surface area contributed by atoms with Gasteiger partial charge in [0.15, 0.2) is 11.5 Å². The summed E-state index contributed by atoms with van der Waals surface area (Å²) in [5.74, 6) is 1.40. The fraction of sp³-hybridized carbons (Fsp3) is 0.321. The molecule has 1 amide bonds. The van der Waals surface area contributed by atoms with Crippen molar-refractivity contribution < 1.29 is 19.0 Å². The number of fused-ring (bicyclic) bond motifs is 2. The molecule has 0 unspecified atom stereocenters. The van der Waals surface area contributed by atoms with Crippen molar-refractivity contribution in [2.24, 2.45) is 0 Å². The van der Waals surface area contributed by atoms with Crippen molar-refractivity contribution in [3.63, 3.8) is 0 Å². The average molecular weight is 487 g/mol. The molecule has 0 N–H and O–H groups in total. The van der Waals surface area contributed by atoms with Crippen LogP contribution in [0.25, 0.3) is 22.2 Å². The topological polar surface area (TPSA) is 78.7 Å². The molecule has 8 heteroatoms. The second-order valence-corrected chi connectivity index (χ2v) is 9.03. The van der Waals surface area contributed by atoms with E-state index < -0.39 is 0 Å². The summed E-state index contributed by atoms with van der Waals surface area (Å²) in [4.78, 5) is 20.4. The van der Waals surface area contributed by atoms with Gasteiger partial charge in [0.25, 0.3) is 0 Å². The molecule has 0 bridgehead atoms. The van der Waals surface area contributed by atoms with Crippen LogP contribution in [0.5, 0.6) is 11.5 Å². The Morgan fingerprint density at radius 3 is 2.67 bits per heavy atom. The minimum Gasteiger partial charge on any atom is -0.454 e. The summed E-state index contributed by atoms with van der Waals surface area (Å²) in [5, 5.41) is 5.34. The fourth-order valence-corrected chi connectivity index (χ4v) is 4.49. The van der Waals surface area contributed by atoms with E-state index in [1.807, 2.05) is 48.4 Å². The van der Waals surface area contributed by atoms with Gasteiger partial charge in [0.1, 0.15) is 6.54 Å². The summed E-state index contributed by atoms with van der Waals surface area (Å²) >= 11 is 0. The second kappa shape index (κ2) is 10.4. The molecule has 0 saturated carbocycles. The predicted molar refractivity (Wildman–Crippen MR) is 137 cm³/mol. The number of amides is 1. The lowest BCUT2D eigenvalue weighted by Crippen LogP contribution is -2.35. The molecule has 0 radical (unpaired) electrons. The molecule has 4 aromatic rings. The van der Waals surface area contributed by atoms with Gasteiger partial charge in [-0.25, -0.2) is 4.98 Å². The van der Waals surface area contributed by atoms with Gasteiger partial charge in [-0.05, 0) is 49.6 Å². The van der Waals surface area contributed by atoms with Gasteiger partial charge in [0.05, 0.1) is 16.9 Å². The molecule has 3 heterocycles. The quantitative estimate of drug-likeness (QED) is 0.324. The van der Waals surface area contributed by atoms with Crippen molar-refractivity contribution in [3.05, 3.63) is 71.5 Å². The molecule has 0 fully saturated rings. The zero-order valence-electron chi connectivity index (χ0n) is 20.9. The van der Waals surface area contributed by atoms with Crippen molar-refractivity contribution in [1.29, 1.82) is 0 Å². The van der Waals surface area contributed by atoms with Crippen LogP contribution in [-0.2, 0) is 22.6 Å². The number of hydrogen-bond acceptors (Lipinski definition) is 6. The number of carbonyl (C=O) groups is 1. The highest BCUT2D eigenvalue weighted by Gasteiger charge is 2.21. The second-order valence-electron chi connectivity index (χ2n) is 9.03. The van der Waals surface area contributed by atoms with Crippen LogP contribution in [0.4, 0.5) is 0 Å². The Kier molecular flexibility index (Phi) is 6.86. The van der Waals surface area contributed by atoms with Gasteiger partial charge in [-0.15, -0.1) is 0 Å². The molecule has 0 saturated heterocycles. The Morgan fingerprint density at radius 1 is 1.11 bits per heavy atom. The Hall–Kier alpha value is -3.91. The molecule has 0 aliphatic carbocycles. The largest absolute Gasteiger partial charge is 0.454 e. The lowest BCUT2D eigenvalue weighted by Gasteiger charge is -2.24. The van der Waals surface area contributed by atoms with Crippen LogP contribution in [0, 0.1) is 13.8 Å². The smallest absolute Gasteiger partial charge is 0.244 e. The molecule has 1 aliphatic rings. The van der Waals surface area contributed by atoms with Crippen molar-refractivity contribution in [1.82, 2.24) is 19.7 Å². The minimum atomic E-state index is -0.00396. The highest BCUT2D eigenvalue weighted by atomic mass is 16.7. The van der Waals surface area contributed by atoms with E-state index in [-0.39, 0.29) is 19.2 Å². The number of nitrogens with zero attached hydrogens (tertiary/aromatic N) is 4. The molecule has 186 valence electrons. The third-order valence-electron chi connectivity index (χ3n) is 6.35. The van der Waals surface area contributed by atoms with Gasteiger partial charge in [-0.2, -0.15) is 5.10 Å². The number of pyridine rings is 1. The molecule has 36 heavy (non-hydrogen) atoms. The zero-order chi connectivity index (χ0) is 25.1. The molecule has 5 rings (SSSR count). The van der Waals surface area contributed by atoms with Gasteiger partial charge in [-0.1, -0.05) is 24.3 Å². The van der Waals surface area contributed by atoms with Crippen LogP contribution in [0.1, 0.15) is 23.2 Å². The van der Waals surface area contributed by atoms with Crippen molar-refractivity contribution in [3.8, 4) is 22.8 Å². The maximum Gasteiger partial charge on any atom is 0.244 e. The molecule has 0 spiro atoms. The first kappa shape index (κ1) is 23.8. The normalized spacial score (nSPS) is 12.3. The minimum absolute atomic E-state index is 0.00396. The van der Waals surface area contributed by atoms with Gasteiger partial charge >= 0.3 is 0 Å². The number of methoxy groups -OCH3 is 1. The van der Waals surface area contributed by atoms with E-state index in [0.29, 0.717) is 31.2 Å². The van der Waals surface area contributed by atoms with Crippen LogP contribution in [0.3, 0.4) is 0 Å². The van der Waals surface area contributed by atoms with E-state index in [2.05, 4.69) is 30.2 Å². The summed E-state index contributed by atoms with van der Waals surface area (Å²) in [6.45, 7) is 5.94. The molecule has 1 aliphatic heterocycles. The van der Waals surface area contributed by atoms with E-state index >= 15 is 0 Å². The van der Waals surface area contributed by atoms with Crippen LogP contribution in [0.15, 0.2) is 54.7 Å². The summed E-state index contributed by atoms with van der Waals surface area (Å²) in [6, 6.07) is 16.1. The van der Waals surface area contributed by atoms with Gasteiger partial charge in [0.2, 0.25) is 12.7 Å². The van der Waals surface area contributed by atoms with Crippen LogP contribution in [0.2, 0.25) is 0 Å². The van der Waals surface area contributed by atoms with Crippen molar-refractivity contribution in [2.75, 3.05) is 27.1 Å². The SMILES string of the molecule is COCCCN(Cc1cc2cc3c(cc2nc1-c1ccccc1C)OCO3)C(=O)Cn1ccc(C)n1. The third-order valence-corrected chi connectivity index (χ3v) is 6.35. The summed E-state index contributed by atoms with van der Waals surface area (Å²) < 4.78 is 18.1. The first-order chi connectivity index (χ1) is 17.5. The number of aryl methyl sites for hydroxylation is 2. The summed E-state index contributed by atoms with van der Waals surface area (Å²) in [7, 11) is 1.67. The van der Waals surface area contributed by atoms with Gasteiger partial charge in [0, 0.05) is 50.0 Å². The number of carbonyl (C=O) groups excluding carboxylic acids is 1. The van der Waals surface area contributed by atoms with E-state index in [4.69, 9.17) is 19.2 Å². The maximum atomic E-state index is 13.4. The monoisotopic (exact) mass is 486 g/mol. The van der Waals surface area contributed by atoms with E-state index in [1.54, 1.807) is 11.8 Å². The Labute approximate surface area is 210 Å². The number of aromatic nitrogens is 3. The van der Waals surface area contributed by atoms with Gasteiger partial charge in [-0.3, -0.25) is 9.48 Å². The molecule has 2 aromatic carbocycles. The molecule has 8 nitrogen and oxygen atoms in total. The third kappa shape index (κ3) is 5.04. The van der Waals surface area contributed by atoms with Gasteiger partial charge < -0.3 is 19.1 Å². The number of ether oxygens (including phenoxy) is 3. The van der Waals surface area contributed by atoms with Crippen LogP contribution >= 0.6 is 0 Å². The number of rotatable bonds is 9. The van der Waals surface area contributed by atoms with E-state index in [9.17, 15) is 4.79 Å². The molecule has 0 atom stereocenters. The molecule has 2 aromatic heterocycles. The lowest BCUT2D eigenvalue weighted by atomic mass is 9.99. The zero-order valence-corrected chi connectivity index (χ0v) is 20.9. The first-order valence-corrected chi connectivity index (χ1v) is 12.1. The molecular formula is C28H30N4O4. The number of hydrogen-bond donors (Lipinski definition) is 0. The summed E-state index contributed by atoms with van der Waals surface area (Å²) in [6.07, 6.45) is 2.57. The first-order valence-electron chi connectivity index (χ1n) is 12.1. The van der Waals surface area contributed by atoms with E-state index in [0.717, 1.165) is 45.4 Å². The average Bonchev–Trinajstić information content (AvgIpc) is 3.50. The number of benzene rings is 2. The Bertz CT molecular complexity index is 1400. The van der Waals surface area contributed by atoms with Crippen LogP contribution < -0.4 is 9.47 Å². The standard InChI is InChI=1S/C28H30N4O4/c1-19-7-4-5-8-23(19)28-22(13-21-14-25-26(36-18-35-25)15-24(21)29-28)16-31(10-6-12-34-3)27(33)17-32-11-9-20(2)30-32/h4-5,7-9,11,13-15H,6,10,12,16-18H2,1-3H3.